The number of anilines is 1. The summed E-state index contributed by atoms with van der Waals surface area (Å²) in [6.07, 6.45) is 5.13. The molecule has 2 heterocycles. The number of nitrogens with one attached hydrogen (secondary N) is 4. The smallest absolute Gasteiger partial charge is 0.315 e. The second-order valence-electron chi connectivity index (χ2n) is 8.00. The van der Waals surface area contributed by atoms with Crippen LogP contribution in [0.15, 0.2) is 11.0 Å². The monoisotopic (exact) mass is 387 g/mol. The number of urea groups is 1. The van der Waals surface area contributed by atoms with Crippen LogP contribution in [0.25, 0.3) is 11.0 Å². The maximum Gasteiger partial charge on any atom is 0.315 e. The predicted molar refractivity (Wildman–Crippen MR) is 109 cm³/mol. The minimum Gasteiger partial charge on any atom is -0.351 e. The molecule has 1 fully saturated rings. The molecule has 3 rings (SSSR count). The zero-order chi connectivity index (χ0) is 20.3. The number of carbonyl (C=O) groups excluding carboxylic acids is 1. The molecule has 1 aliphatic rings. The molecule has 0 aliphatic heterocycles. The molecule has 28 heavy (non-hydrogen) atoms. The Labute approximate surface area is 164 Å². The Morgan fingerprint density at radius 2 is 1.79 bits per heavy atom. The van der Waals surface area contributed by atoms with Gasteiger partial charge in [0, 0.05) is 30.2 Å². The van der Waals surface area contributed by atoms with Gasteiger partial charge >= 0.3 is 6.03 Å². The van der Waals surface area contributed by atoms with Crippen molar-refractivity contribution >= 4 is 23.0 Å². The highest BCUT2D eigenvalue weighted by Gasteiger charge is 2.23. The van der Waals surface area contributed by atoms with E-state index in [-0.39, 0.29) is 35.6 Å². The lowest BCUT2D eigenvalue weighted by atomic mass is 9.91. The van der Waals surface area contributed by atoms with E-state index in [1.807, 2.05) is 27.7 Å². The van der Waals surface area contributed by atoms with Crippen molar-refractivity contribution in [3.63, 3.8) is 0 Å². The van der Waals surface area contributed by atoms with E-state index in [0.717, 1.165) is 25.7 Å². The van der Waals surface area contributed by atoms with E-state index in [1.54, 1.807) is 0 Å². The van der Waals surface area contributed by atoms with Crippen molar-refractivity contribution in [1.29, 1.82) is 0 Å². The molecule has 0 aromatic carbocycles. The minimum atomic E-state index is -0.216. The fourth-order valence-corrected chi connectivity index (χ4v) is 3.34. The second-order valence-corrected chi connectivity index (χ2v) is 8.00. The normalized spacial score (nSPS) is 19.8. The second kappa shape index (κ2) is 8.53. The SMILES string of the molecule is CC(C)NC(=O)N[C@H]1CC[C@H](Nc2ncc3c(=O)[nH]c(C(C)C)nc3n2)CC1. The number of aromatic nitrogens is 4. The van der Waals surface area contributed by atoms with E-state index >= 15 is 0 Å². The highest BCUT2D eigenvalue weighted by atomic mass is 16.2. The van der Waals surface area contributed by atoms with Crippen LogP contribution in [0.2, 0.25) is 0 Å². The fraction of sp³-hybridized carbons (Fsp3) is 0.632. The molecule has 0 saturated heterocycles. The molecule has 0 bridgehead atoms. The van der Waals surface area contributed by atoms with E-state index in [1.165, 1.54) is 6.20 Å². The number of aromatic amines is 1. The van der Waals surface area contributed by atoms with Gasteiger partial charge < -0.3 is 20.9 Å². The van der Waals surface area contributed by atoms with Crippen LogP contribution in [-0.4, -0.2) is 44.1 Å². The molecule has 0 radical (unpaired) electrons. The predicted octanol–water partition coefficient (Wildman–Crippen LogP) is 2.27. The molecular weight excluding hydrogens is 358 g/mol. The molecule has 152 valence electrons. The van der Waals surface area contributed by atoms with Gasteiger partial charge in [0.1, 0.15) is 11.2 Å². The first-order valence-corrected chi connectivity index (χ1v) is 9.92. The molecule has 2 amide bonds. The summed E-state index contributed by atoms with van der Waals surface area (Å²) in [5, 5.41) is 9.61. The topological polar surface area (TPSA) is 125 Å². The number of rotatable bonds is 5. The molecule has 1 aliphatic carbocycles. The van der Waals surface area contributed by atoms with Crippen LogP contribution < -0.4 is 21.5 Å². The van der Waals surface area contributed by atoms with Gasteiger partial charge in [-0.3, -0.25) is 4.79 Å². The Kier molecular flexibility index (Phi) is 6.11. The van der Waals surface area contributed by atoms with E-state index in [4.69, 9.17) is 0 Å². The quantitative estimate of drug-likeness (QED) is 0.624. The van der Waals surface area contributed by atoms with Crippen LogP contribution in [0.1, 0.15) is 65.1 Å². The fourth-order valence-electron chi connectivity index (χ4n) is 3.34. The number of hydrogen-bond acceptors (Lipinski definition) is 6. The standard InChI is InChI=1S/C19H29N7O2/c1-10(2)15-24-16-14(17(27)25-15)9-20-18(26-16)22-12-5-7-13(8-6-12)23-19(28)21-11(3)4/h9-13H,5-8H2,1-4H3,(H2,21,23,28)(H2,20,22,24,25,26,27)/t12-,13-. The van der Waals surface area contributed by atoms with E-state index in [0.29, 0.717) is 22.8 Å². The lowest BCUT2D eigenvalue weighted by Gasteiger charge is -2.29. The Morgan fingerprint density at radius 3 is 2.43 bits per heavy atom. The first-order chi connectivity index (χ1) is 13.3. The number of amides is 2. The molecule has 4 N–H and O–H groups in total. The van der Waals surface area contributed by atoms with Crippen molar-refractivity contribution in [2.45, 2.75) is 77.4 Å². The van der Waals surface area contributed by atoms with Gasteiger partial charge in [0.2, 0.25) is 5.95 Å². The lowest BCUT2D eigenvalue weighted by Crippen LogP contribution is -2.46. The third kappa shape index (κ3) is 4.96. The molecule has 9 heteroatoms. The maximum atomic E-state index is 12.2. The van der Waals surface area contributed by atoms with Crippen LogP contribution in [0.3, 0.4) is 0 Å². The molecular formula is C19H29N7O2. The number of fused-ring (bicyclic) bond motifs is 1. The minimum absolute atomic E-state index is 0.110. The third-order valence-electron chi connectivity index (χ3n) is 4.84. The first kappa shape index (κ1) is 20.0. The summed E-state index contributed by atoms with van der Waals surface area (Å²) < 4.78 is 0. The number of hydrogen-bond donors (Lipinski definition) is 4. The van der Waals surface area contributed by atoms with Gasteiger partial charge in [-0.1, -0.05) is 13.8 Å². The van der Waals surface area contributed by atoms with Crippen molar-refractivity contribution in [3.8, 4) is 0 Å². The Balaban J connectivity index is 1.61. The highest BCUT2D eigenvalue weighted by molar-refractivity contribution is 5.74. The average molecular weight is 387 g/mol. The third-order valence-corrected chi connectivity index (χ3v) is 4.84. The largest absolute Gasteiger partial charge is 0.351 e. The van der Waals surface area contributed by atoms with Crippen LogP contribution in [-0.2, 0) is 0 Å². The van der Waals surface area contributed by atoms with E-state index < -0.39 is 0 Å². The summed E-state index contributed by atoms with van der Waals surface area (Å²) >= 11 is 0. The Hall–Kier alpha value is -2.71. The highest BCUT2D eigenvalue weighted by Crippen LogP contribution is 2.21. The molecule has 2 aromatic rings. The van der Waals surface area contributed by atoms with Gasteiger partial charge in [-0.25, -0.2) is 14.8 Å². The van der Waals surface area contributed by atoms with Gasteiger partial charge in [-0.15, -0.1) is 0 Å². The lowest BCUT2D eigenvalue weighted by molar-refractivity contribution is 0.229. The van der Waals surface area contributed by atoms with Gasteiger partial charge in [0.05, 0.1) is 0 Å². The van der Waals surface area contributed by atoms with Gasteiger partial charge in [0.25, 0.3) is 5.56 Å². The number of carbonyl (C=O) groups is 1. The molecule has 2 aromatic heterocycles. The Bertz CT molecular complexity index is 885. The zero-order valence-electron chi connectivity index (χ0n) is 16.9. The molecule has 1 saturated carbocycles. The van der Waals surface area contributed by atoms with E-state index in [9.17, 15) is 9.59 Å². The van der Waals surface area contributed by atoms with Crippen LogP contribution in [0, 0.1) is 0 Å². The molecule has 9 nitrogen and oxygen atoms in total. The molecule has 0 unspecified atom stereocenters. The Morgan fingerprint density at radius 1 is 1.11 bits per heavy atom. The first-order valence-electron chi connectivity index (χ1n) is 9.92. The number of nitrogens with zero attached hydrogens (tertiary/aromatic N) is 3. The summed E-state index contributed by atoms with van der Waals surface area (Å²) in [7, 11) is 0. The average Bonchev–Trinajstić information content (AvgIpc) is 2.62. The number of H-pyrrole nitrogens is 1. The van der Waals surface area contributed by atoms with Gasteiger partial charge in [-0.05, 0) is 39.5 Å². The van der Waals surface area contributed by atoms with Gasteiger partial charge in [-0.2, -0.15) is 4.98 Å². The van der Waals surface area contributed by atoms with Crippen LogP contribution in [0.5, 0.6) is 0 Å². The maximum absolute atomic E-state index is 12.2. The molecule has 0 atom stereocenters. The molecule has 0 spiro atoms. The van der Waals surface area contributed by atoms with Crippen molar-refractivity contribution in [1.82, 2.24) is 30.6 Å². The van der Waals surface area contributed by atoms with Crippen molar-refractivity contribution in [2.24, 2.45) is 0 Å². The summed E-state index contributed by atoms with van der Waals surface area (Å²) in [6, 6.07) is 0.431. The van der Waals surface area contributed by atoms with Crippen molar-refractivity contribution in [2.75, 3.05) is 5.32 Å². The zero-order valence-corrected chi connectivity index (χ0v) is 16.9. The summed E-state index contributed by atoms with van der Waals surface area (Å²) in [4.78, 5) is 39.9. The van der Waals surface area contributed by atoms with E-state index in [2.05, 4.69) is 35.9 Å². The van der Waals surface area contributed by atoms with Crippen molar-refractivity contribution < 1.29 is 4.79 Å². The summed E-state index contributed by atoms with van der Waals surface area (Å²) in [6.45, 7) is 7.82. The van der Waals surface area contributed by atoms with Crippen molar-refractivity contribution in [3.05, 3.63) is 22.4 Å². The summed E-state index contributed by atoms with van der Waals surface area (Å²) in [5.41, 5.74) is 0.192. The summed E-state index contributed by atoms with van der Waals surface area (Å²) in [5.74, 6) is 1.21. The van der Waals surface area contributed by atoms with Crippen LogP contribution >= 0.6 is 0 Å². The van der Waals surface area contributed by atoms with Gasteiger partial charge in [0.15, 0.2) is 5.65 Å². The van der Waals surface area contributed by atoms with Crippen LogP contribution in [0.4, 0.5) is 10.7 Å².